The van der Waals surface area contributed by atoms with Crippen LogP contribution in [0.25, 0.3) is 16.7 Å². The molecule has 0 spiro atoms. The molecule has 0 saturated carbocycles. The van der Waals surface area contributed by atoms with Crippen molar-refractivity contribution in [1.82, 2.24) is 9.78 Å². The van der Waals surface area contributed by atoms with Crippen molar-refractivity contribution < 1.29 is 19.4 Å². The van der Waals surface area contributed by atoms with Crippen LogP contribution in [0.1, 0.15) is 0 Å². The van der Waals surface area contributed by atoms with E-state index in [2.05, 4.69) is 5.10 Å². The molecule has 0 aliphatic carbocycles. The van der Waals surface area contributed by atoms with Crippen molar-refractivity contribution in [3.05, 3.63) is 71.3 Å². The fourth-order valence-electron chi connectivity index (χ4n) is 2.44. The monoisotopic (exact) mass is 336 g/mol. The highest BCUT2D eigenvalue weighted by Crippen LogP contribution is 2.33. The van der Waals surface area contributed by atoms with Crippen molar-refractivity contribution in [2.75, 3.05) is 0 Å². The molecule has 0 saturated heterocycles. The van der Waals surface area contributed by atoms with E-state index in [0.29, 0.717) is 5.75 Å². The molecule has 0 unspecified atom stereocenters. The number of hydrogen-bond donors (Lipinski definition) is 2. The molecule has 2 aromatic heterocycles. The Morgan fingerprint density at radius 1 is 1.08 bits per heavy atom. The van der Waals surface area contributed by atoms with E-state index in [1.807, 2.05) is 30.3 Å². The molecule has 4 rings (SSSR count). The third-order valence-corrected chi connectivity index (χ3v) is 3.67. The molecule has 0 aliphatic heterocycles. The van der Waals surface area contributed by atoms with Gasteiger partial charge in [0.1, 0.15) is 6.26 Å². The average molecular weight is 336 g/mol. The van der Waals surface area contributed by atoms with Gasteiger partial charge in [-0.25, -0.2) is 4.68 Å². The van der Waals surface area contributed by atoms with Gasteiger partial charge < -0.3 is 19.4 Å². The minimum Gasteiger partial charge on any atom is -0.504 e. The molecule has 7 heteroatoms. The minimum atomic E-state index is -0.488. The number of aromatic nitrogens is 2. The van der Waals surface area contributed by atoms with Crippen LogP contribution < -0.4 is 10.2 Å². The Morgan fingerprint density at radius 2 is 1.88 bits per heavy atom. The Labute approximate surface area is 141 Å². The second-order valence-corrected chi connectivity index (χ2v) is 5.30. The summed E-state index contributed by atoms with van der Waals surface area (Å²) in [5, 5.41) is 23.5. The molecule has 0 aliphatic rings. The fraction of sp³-hybridized carbons (Fsp3) is 0. The zero-order valence-electron chi connectivity index (χ0n) is 12.8. The summed E-state index contributed by atoms with van der Waals surface area (Å²) in [6.07, 6.45) is 4.20. The van der Waals surface area contributed by atoms with Gasteiger partial charge in [0.05, 0.1) is 23.5 Å². The van der Waals surface area contributed by atoms with E-state index in [1.165, 1.54) is 18.3 Å². The first-order valence-corrected chi connectivity index (χ1v) is 7.38. The maximum absolute atomic E-state index is 12.5. The van der Waals surface area contributed by atoms with Gasteiger partial charge in [0.25, 0.3) is 0 Å². The third kappa shape index (κ3) is 2.57. The molecule has 124 valence electrons. The van der Waals surface area contributed by atoms with Gasteiger partial charge in [0, 0.05) is 0 Å². The number of phenolic OH excluding ortho intramolecular Hbond substituents is 2. The summed E-state index contributed by atoms with van der Waals surface area (Å²) >= 11 is 0. The van der Waals surface area contributed by atoms with Gasteiger partial charge in [0.15, 0.2) is 17.1 Å². The first kappa shape index (κ1) is 14.8. The standard InChI is InChI=1S/C18H12N2O5/c21-14-7-6-13-16(22)15(10-24-18(13)17(14)23)25-12-8-19-20(9-12)11-4-2-1-3-5-11/h1-10,21,23H. The van der Waals surface area contributed by atoms with E-state index in [9.17, 15) is 15.0 Å². The maximum atomic E-state index is 12.5. The molecule has 0 radical (unpaired) electrons. The van der Waals surface area contributed by atoms with E-state index < -0.39 is 11.2 Å². The average Bonchev–Trinajstić information content (AvgIpc) is 3.10. The number of hydrogen-bond acceptors (Lipinski definition) is 6. The number of fused-ring (bicyclic) bond motifs is 1. The number of phenols is 2. The number of ether oxygens (including phenoxy) is 1. The van der Waals surface area contributed by atoms with Crippen LogP contribution in [0.3, 0.4) is 0 Å². The first-order chi connectivity index (χ1) is 12.1. The second kappa shape index (κ2) is 5.72. The predicted octanol–water partition coefficient (Wildman–Crippen LogP) is 3.18. The van der Waals surface area contributed by atoms with Crippen LogP contribution in [-0.2, 0) is 0 Å². The van der Waals surface area contributed by atoms with Crippen LogP contribution in [0, 0.1) is 0 Å². The van der Waals surface area contributed by atoms with Gasteiger partial charge >= 0.3 is 0 Å². The van der Waals surface area contributed by atoms with Gasteiger partial charge in [-0.05, 0) is 24.3 Å². The smallest absolute Gasteiger partial charge is 0.235 e. The Hall–Kier alpha value is -3.74. The van der Waals surface area contributed by atoms with Gasteiger partial charge in [-0.1, -0.05) is 18.2 Å². The van der Waals surface area contributed by atoms with Crippen LogP contribution in [0.15, 0.2) is 70.3 Å². The Bertz CT molecular complexity index is 1120. The minimum absolute atomic E-state index is 0.0507. The molecular formula is C18H12N2O5. The molecule has 2 aromatic carbocycles. The van der Waals surface area contributed by atoms with E-state index in [-0.39, 0.29) is 22.5 Å². The molecule has 2 heterocycles. The van der Waals surface area contributed by atoms with Gasteiger partial charge in [-0.3, -0.25) is 4.79 Å². The molecule has 7 nitrogen and oxygen atoms in total. The summed E-state index contributed by atoms with van der Waals surface area (Å²) in [5.74, 6) is -0.546. The lowest BCUT2D eigenvalue weighted by Gasteiger charge is -2.05. The molecule has 0 fully saturated rings. The van der Waals surface area contributed by atoms with Crippen molar-refractivity contribution in [3.8, 4) is 28.7 Å². The molecule has 2 N–H and O–H groups in total. The quantitative estimate of drug-likeness (QED) is 0.558. The lowest BCUT2D eigenvalue weighted by atomic mass is 10.2. The van der Waals surface area contributed by atoms with Crippen LogP contribution in [0.4, 0.5) is 0 Å². The molecular weight excluding hydrogens is 324 g/mol. The molecule has 25 heavy (non-hydrogen) atoms. The molecule has 0 amide bonds. The first-order valence-electron chi connectivity index (χ1n) is 7.38. The van der Waals surface area contributed by atoms with Crippen LogP contribution in [0.5, 0.6) is 23.0 Å². The highest BCUT2D eigenvalue weighted by Gasteiger charge is 2.15. The van der Waals surface area contributed by atoms with Crippen molar-refractivity contribution in [1.29, 1.82) is 0 Å². The van der Waals surface area contributed by atoms with Gasteiger partial charge in [0.2, 0.25) is 16.9 Å². The lowest BCUT2D eigenvalue weighted by Crippen LogP contribution is -2.04. The van der Waals surface area contributed by atoms with E-state index in [0.717, 1.165) is 12.0 Å². The van der Waals surface area contributed by atoms with Crippen molar-refractivity contribution >= 4 is 11.0 Å². The van der Waals surface area contributed by atoms with E-state index in [4.69, 9.17) is 9.15 Å². The Balaban J connectivity index is 1.70. The summed E-state index contributed by atoms with van der Waals surface area (Å²) in [6.45, 7) is 0. The second-order valence-electron chi connectivity index (χ2n) is 5.30. The summed E-state index contributed by atoms with van der Waals surface area (Å²) in [7, 11) is 0. The fourth-order valence-corrected chi connectivity index (χ4v) is 2.44. The molecule has 0 bridgehead atoms. The van der Waals surface area contributed by atoms with E-state index >= 15 is 0 Å². The number of nitrogens with zero attached hydrogens (tertiary/aromatic N) is 2. The number of rotatable bonds is 3. The SMILES string of the molecule is O=c1c(Oc2cnn(-c3ccccc3)c2)coc2c(O)c(O)ccc12. The van der Waals surface area contributed by atoms with Crippen molar-refractivity contribution in [3.63, 3.8) is 0 Å². The zero-order valence-corrected chi connectivity index (χ0v) is 12.8. The largest absolute Gasteiger partial charge is 0.504 e. The Kier molecular flexibility index (Phi) is 3.39. The van der Waals surface area contributed by atoms with Crippen molar-refractivity contribution in [2.45, 2.75) is 0 Å². The summed E-state index contributed by atoms with van der Waals surface area (Å²) < 4.78 is 12.4. The van der Waals surface area contributed by atoms with Crippen LogP contribution in [0.2, 0.25) is 0 Å². The van der Waals surface area contributed by atoms with Gasteiger partial charge in [-0.2, -0.15) is 5.10 Å². The molecule has 0 atom stereocenters. The van der Waals surface area contributed by atoms with Crippen LogP contribution >= 0.6 is 0 Å². The summed E-state index contributed by atoms with van der Waals surface area (Å²) in [4.78, 5) is 12.5. The predicted molar refractivity (Wildman–Crippen MR) is 89.5 cm³/mol. The highest BCUT2D eigenvalue weighted by atomic mass is 16.5. The normalized spacial score (nSPS) is 10.9. The Morgan fingerprint density at radius 3 is 2.68 bits per heavy atom. The van der Waals surface area contributed by atoms with Gasteiger partial charge in [-0.15, -0.1) is 0 Å². The number of aromatic hydroxyl groups is 2. The third-order valence-electron chi connectivity index (χ3n) is 3.67. The van der Waals surface area contributed by atoms with E-state index in [1.54, 1.807) is 10.9 Å². The summed E-state index contributed by atoms with van der Waals surface area (Å²) in [5.41, 5.74) is 0.282. The van der Waals surface area contributed by atoms with Crippen molar-refractivity contribution in [2.24, 2.45) is 0 Å². The number of para-hydroxylation sites is 1. The topological polar surface area (TPSA) is 97.7 Å². The highest BCUT2D eigenvalue weighted by molar-refractivity contribution is 5.85. The zero-order chi connectivity index (χ0) is 17.4. The maximum Gasteiger partial charge on any atom is 0.235 e. The molecule has 4 aromatic rings. The lowest BCUT2D eigenvalue weighted by molar-refractivity contribution is 0.396. The summed E-state index contributed by atoms with van der Waals surface area (Å²) in [6, 6.07) is 12.0. The van der Waals surface area contributed by atoms with Crippen LogP contribution in [-0.4, -0.2) is 20.0 Å². The number of benzene rings is 2.